The van der Waals surface area contributed by atoms with Crippen LogP contribution in [0.25, 0.3) is 0 Å². The Morgan fingerprint density at radius 1 is 1.16 bits per heavy atom. The summed E-state index contributed by atoms with van der Waals surface area (Å²) in [4.78, 5) is 0. The topological polar surface area (TPSA) is 29.5 Å². The second-order valence-corrected chi connectivity index (χ2v) is 4.37. The van der Waals surface area contributed by atoms with Crippen molar-refractivity contribution in [3.8, 4) is 0 Å². The van der Waals surface area contributed by atoms with Crippen molar-refractivity contribution in [2.24, 2.45) is 0 Å². The molecule has 2 atom stereocenters. The van der Waals surface area contributed by atoms with E-state index in [1.807, 2.05) is 13.8 Å². The van der Waals surface area contributed by atoms with E-state index in [4.69, 9.17) is 4.74 Å². The first-order valence-corrected chi connectivity index (χ1v) is 6.34. The van der Waals surface area contributed by atoms with Crippen molar-refractivity contribution in [2.75, 3.05) is 6.61 Å². The van der Waals surface area contributed by atoms with Gasteiger partial charge in [0, 0.05) is 13.0 Å². The molecule has 0 spiro atoms. The lowest BCUT2D eigenvalue weighted by Crippen LogP contribution is -2.30. The van der Waals surface area contributed by atoms with E-state index in [2.05, 4.69) is 0 Å². The summed E-state index contributed by atoms with van der Waals surface area (Å²) >= 11 is 0. The third-order valence-corrected chi connectivity index (χ3v) is 2.94. The van der Waals surface area contributed by atoms with Crippen LogP contribution < -0.4 is 0 Å². The van der Waals surface area contributed by atoms with E-state index >= 15 is 0 Å². The number of benzene rings is 1. The van der Waals surface area contributed by atoms with Crippen molar-refractivity contribution in [1.82, 2.24) is 0 Å². The number of hydrogen-bond donors (Lipinski definition) is 1. The molecule has 1 aromatic rings. The summed E-state index contributed by atoms with van der Waals surface area (Å²) in [6.07, 6.45) is -4.37. The molecule has 2 nitrogen and oxygen atoms in total. The van der Waals surface area contributed by atoms with E-state index < -0.39 is 17.8 Å². The molecule has 2 unspecified atom stereocenters. The number of rotatable bonds is 6. The fraction of sp³-hybridized carbons (Fsp3) is 0.571. The Kier molecular flexibility index (Phi) is 5.82. The summed E-state index contributed by atoms with van der Waals surface area (Å²) in [5, 5.41) is 9.98. The molecule has 1 aromatic carbocycles. The van der Waals surface area contributed by atoms with Crippen molar-refractivity contribution in [3.05, 3.63) is 35.4 Å². The molecule has 0 amide bonds. The van der Waals surface area contributed by atoms with Gasteiger partial charge < -0.3 is 9.84 Å². The van der Waals surface area contributed by atoms with Crippen LogP contribution in [0.1, 0.15) is 31.4 Å². The first kappa shape index (κ1) is 16.0. The quantitative estimate of drug-likeness (QED) is 0.862. The monoisotopic (exact) mass is 276 g/mol. The molecule has 0 fully saturated rings. The van der Waals surface area contributed by atoms with Gasteiger partial charge in [-0.15, -0.1) is 0 Å². The van der Waals surface area contributed by atoms with Crippen molar-refractivity contribution in [2.45, 2.75) is 45.1 Å². The third kappa shape index (κ3) is 4.84. The van der Waals surface area contributed by atoms with Crippen molar-refractivity contribution >= 4 is 0 Å². The van der Waals surface area contributed by atoms with Crippen LogP contribution in [0, 0.1) is 0 Å². The van der Waals surface area contributed by atoms with E-state index in [9.17, 15) is 18.3 Å². The van der Waals surface area contributed by atoms with Gasteiger partial charge >= 0.3 is 6.18 Å². The Bertz CT molecular complexity index is 373. The highest BCUT2D eigenvalue weighted by Crippen LogP contribution is 2.29. The van der Waals surface area contributed by atoms with E-state index in [1.165, 1.54) is 12.1 Å². The molecule has 0 saturated carbocycles. The summed E-state index contributed by atoms with van der Waals surface area (Å²) in [5.74, 6) is 0. The second-order valence-electron chi connectivity index (χ2n) is 4.37. The van der Waals surface area contributed by atoms with Gasteiger partial charge in [0.15, 0.2) is 0 Å². The van der Waals surface area contributed by atoms with Crippen molar-refractivity contribution in [3.63, 3.8) is 0 Å². The number of alkyl halides is 3. The zero-order valence-electron chi connectivity index (χ0n) is 11.1. The fourth-order valence-electron chi connectivity index (χ4n) is 1.92. The Balaban J connectivity index is 2.67. The minimum Gasteiger partial charge on any atom is -0.390 e. The predicted octanol–water partition coefficient (Wildman–Crippen LogP) is 3.42. The van der Waals surface area contributed by atoms with Crippen molar-refractivity contribution in [1.29, 1.82) is 0 Å². The third-order valence-electron chi connectivity index (χ3n) is 2.94. The molecule has 0 radical (unpaired) electrons. The minimum absolute atomic E-state index is 0.285. The highest BCUT2D eigenvalue weighted by molar-refractivity contribution is 5.25. The van der Waals surface area contributed by atoms with Gasteiger partial charge in [0.2, 0.25) is 0 Å². The number of ether oxygens (including phenoxy) is 1. The van der Waals surface area contributed by atoms with Crippen LogP contribution in [0.3, 0.4) is 0 Å². The number of aliphatic hydroxyl groups excluding tert-OH is 1. The van der Waals surface area contributed by atoms with Gasteiger partial charge in [-0.3, -0.25) is 0 Å². The SMILES string of the molecule is CCOC(CC)C(O)Cc1ccc(C(F)(F)F)cc1. The van der Waals surface area contributed by atoms with Gasteiger partial charge in [-0.1, -0.05) is 19.1 Å². The zero-order chi connectivity index (χ0) is 14.5. The summed E-state index contributed by atoms with van der Waals surface area (Å²) < 4.78 is 42.6. The highest BCUT2D eigenvalue weighted by atomic mass is 19.4. The molecule has 0 aliphatic carbocycles. The van der Waals surface area contributed by atoms with Crippen LogP contribution in [-0.4, -0.2) is 23.9 Å². The summed E-state index contributed by atoms with van der Waals surface area (Å²) in [6, 6.07) is 4.85. The summed E-state index contributed by atoms with van der Waals surface area (Å²) in [6.45, 7) is 4.24. The van der Waals surface area contributed by atoms with Crippen LogP contribution in [0.15, 0.2) is 24.3 Å². The minimum atomic E-state index is -4.32. The highest BCUT2D eigenvalue weighted by Gasteiger charge is 2.30. The average Bonchev–Trinajstić information content (AvgIpc) is 2.35. The maximum atomic E-state index is 12.4. The largest absolute Gasteiger partial charge is 0.416 e. The maximum absolute atomic E-state index is 12.4. The van der Waals surface area contributed by atoms with Gasteiger partial charge in [0.05, 0.1) is 17.8 Å². The normalized spacial score (nSPS) is 15.3. The van der Waals surface area contributed by atoms with Crippen molar-refractivity contribution < 1.29 is 23.0 Å². The molecular formula is C14H19F3O2. The first-order chi connectivity index (χ1) is 8.88. The zero-order valence-corrected chi connectivity index (χ0v) is 11.1. The molecule has 19 heavy (non-hydrogen) atoms. The van der Waals surface area contributed by atoms with Gasteiger partial charge in [-0.05, 0) is 31.0 Å². The Morgan fingerprint density at radius 2 is 1.74 bits per heavy atom. The molecule has 0 bridgehead atoms. The first-order valence-electron chi connectivity index (χ1n) is 6.34. The van der Waals surface area contributed by atoms with Crippen LogP contribution in [0.2, 0.25) is 0 Å². The van der Waals surface area contributed by atoms with Crippen LogP contribution in [-0.2, 0) is 17.3 Å². The smallest absolute Gasteiger partial charge is 0.390 e. The number of aliphatic hydroxyl groups is 1. The molecule has 1 N–H and O–H groups in total. The van der Waals surface area contributed by atoms with E-state index in [-0.39, 0.29) is 12.5 Å². The molecule has 0 saturated heterocycles. The van der Waals surface area contributed by atoms with E-state index in [0.717, 1.165) is 12.1 Å². The van der Waals surface area contributed by atoms with E-state index in [0.29, 0.717) is 18.6 Å². The average molecular weight is 276 g/mol. The molecule has 1 rings (SSSR count). The van der Waals surface area contributed by atoms with Gasteiger partial charge in [-0.2, -0.15) is 13.2 Å². The van der Waals surface area contributed by atoms with Gasteiger partial charge in [-0.25, -0.2) is 0 Å². The van der Waals surface area contributed by atoms with Crippen LogP contribution >= 0.6 is 0 Å². The Hall–Kier alpha value is -1.07. The fourth-order valence-corrected chi connectivity index (χ4v) is 1.92. The summed E-state index contributed by atoms with van der Waals surface area (Å²) in [5.41, 5.74) is -0.0127. The lowest BCUT2D eigenvalue weighted by molar-refractivity contribution is -0.137. The molecule has 0 heterocycles. The Morgan fingerprint density at radius 3 is 2.16 bits per heavy atom. The molecular weight excluding hydrogens is 257 g/mol. The Labute approximate surface area is 111 Å². The summed E-state index contributed by atoms with van der Waals surface area (Å²) in [7, 11) is 0. The maximum Gasteiger partial charge on any atom is 0.416 e. The van der Waals surface area contributed by atoms with E-state index in [1.54, 1.807) is 0 Å². The molecule has 108 valence electrons. The lowest BCUT2D eigenvalue weighted by Gasteiger charge is -2.21. The molecule has 0 aromatic heterocycles. The second kappa shape index (κ2) is 6.91. The molecule has 0 aliphatic heterocycles. The standard InChI is InChI=1S/C14H19F3O2/c1-3-13(19-4-2)12(18)9-10-5-7-11(8-6-10)14(15,16)17/h5-8,12-13,18H,3-4,9H2,1-2H3. The van der Waals surface area contributed by atoms with Gasteiger partial charge in [0.25, 0.3) is 0 Å². The van der Waals surface area contributed by atoms with Gasteiger partial charge in [0.1, 0.15) is 0 Å². The predicted molar refractivity (Wildman–Crippen MR) is 66.9 cm³/mol. The number of halogens is 3. The molecule has 5 heteroatoms. The van der Waals surface area contributed by atoms with Crippen LogP contribution in [0.4, 0.5) is 13.2 Å². The molecule has 0 aliphatic rings. The number of hydrogen-bond acceptors (Lipinski definition) is 2. The van der Waals surface area contributed by atoms with Crippen LogP contribution in [0.5, 0.6) is 0 Å². The lowest BCUT2D eigenvalue weighted by atomic mass is 10.0.